The molecule has 0 bridgehead atoms. The predicted molar refractivity (Wildman–Crippen MR) is 119 cm³/mol. The van der Waals surface area contributed by atoms with Crippen molar-refractivity contribution in [3.8, 4) is 33.8 Å². The van der Waals surface area contributed by atoms with Gasteiger partial charge in [0.25, 0.3) is 0 Å². The fourth-order valence-electron chi connectivity index (χ4n) is 3.49. The largest absolute Gasteiger partial charge is 0.478 e. The average Bonchev–Trinajstić information content (AvgIpc) is 3.15. The lowest BCUT2D eigenvalue weighted by Gasteiger charge is -2.10. The lowest BCUT2D eigenvalue weighted by Crippen LogP contribution is -1.96. The maximum atomic E-state index is 11.2. The summed E-state index contributed by atoms with van der Waals surface area (Å²) in [4.78, 5) is 24.7. The van der Waals surface area contributed by atoms with Crippen LogP contribution in [0.4, 0.5) is 0 Å². The van der Waals surface area contributed by atoms with Gasteiger partial charge in [0, 0.05) is 35.3 Å². The minimum atomic E-state index is -0.971. The van der Waals surface area contributed by atoms with Crippen molar-refractivity contribution in [2.75, 3.05) is 0 Å². The van der Waals surface area contributed by atoms with Gasteiger partial charge in [0.1, 0.15) is 5.65 Å². The minimum absolute atomic E-state index is 0.220. The van der Waals surface area contributed by atoms with Crippen LogP contribution in [0.15, 0.2) is 85.3 Å². The summed E-state index contributed by atoms with van der Waals surface area (Å²) in [6.45, 7) is 0. The number of benzene rings is 1. The van der Waals surface area contributed by atoms with E-state index in [9.17, 15) is 9.90 Å². The second kappa shape index (κ2) is 7.66. The smallest absolute Gasteiger partial charge is 0.335 e. The standard InChI is InChI=1S/C24H15ClN4O2/c25-23-22(29-11-2-1-5-21(29)28-23)18-12-19(15-6-8-16(9-7-15)24(30)31)27-20(13-18)17-4-3-10-26-14-17/h1-14H,(H,30,31). The number of aromatic nitrogens is 4. The average molecular weight is 427 g/mol. The van der Waals surface area contributed by atoms with Gasteiger partial charge in [-0.1, -0.05) is 29.8 Å². The van der Waals surface area contributed by atoms with Crippen molar-refractivity contribution in [3.05, 3.63) is 96.0 Å². The topological polar surface area (TPSA) is 80.4 Å². The van der Waals surface area contributed by atoms with E-state index in [-0.39, 0.29) is 5.56 Å². The van der Waals surface area contributed by atoms with Crippen LogP contribution in [0.5, 0.6) is 0 Å². The quantitative estimate of drug-likeness (QED) is 0.411. The zero-order chi connectivity index (χ0) is 21.4. The molecular weight excluding hydrogens is 412 g/mol. The van der Waals surface area contributed by atoms with Gasteiger partial charge in [-0.3, -0.25) is 9.38 Å². The molecule has 4 aromatic heterocycles. The number of carboxylic acid groups (broad SMARTS) is 1. The summed E-state index contributed by atoms with van der Waals surface area (Å²) in [7, 11) is 0. The lowest BCUT2D eigenvalue weighted by atomic mass is 10.0. The van der Waals surface area contributed by atoms with Crippen LogP contribution in [0.3, 0.4) is 0 Å². The Kier molecular flexibility index (Phi) is 4.69. The fraction of sp³-hybridized carbons (Fsp3) is 0. The van der Waals surface area contributed by atoms with E-state index in [0.717, 1.165) is 33.7 Å². The first-order valence-electron chi connectivity index (χ1n) is 9.49. The summed E-state index contributed by atoms with van der Waals surface area (Å²) in [5, 5.41) is 9.58. The van der Waals surface area contributed by atoms with Crippen molar-refractivity contribution in [2.24, 2.45) is 0 Å². The highest BCUT2D eigenvalue weighted by molar-refractivity contribution is 6.32. The Morgan fingerprint density at radius 3 is 2.35 bits per heavy atom. The van der Waals surface area contributed by atoms with E-state index < -0.39 is 5.97 Å². The Bertz CT molecular complexity index is 1410. The van der Waals surface area contributed by atoms with Crippen molar-refractivity contribution in [2.45, 2.75) is 0 Å². The molecule has 0 aliphatic carbocycles. The molecule has 0 spiro atoms. The Labute approximate surface area is 182 Å². The third-order valence-corrected chi connectivity index (χ3v) is 5.23. The van der Waals surface area contributed by atoms with Gasteiger partial charge in [-0.15, -0.1) is 0 Å². The van der Waals surface area contributed by atoms with Crippen molar-refractivity contribution in [1.82, 2.24) is 19.4 Å². The first-order chi connectivity index (χ1) is 15.1. The lowest BCUT2D eigenvalue weighted by molar-refractivity contribution is 0.0697. The maximum Gasteiger partial charge on any atom is 0.335 e. The highest BCUT2D eigenvalue weighted by atomic mass is 35.5. The number of rotatable bonds is 4. The van der Waals surface area contributed by atoms with Gasteiger partial charge < -0.3 is 5.11 Å². The van der Waals surface area contributed by atoms with Crippen molar-refractivity contribution >= 4 is 23.2 Å². The molecule has 0 atom stereocenters. The summed E-state index contributed by atoms with van der Waals surface area (Å²) in [5.41, 5.74) is 5.63. The number of hydrogen-bond acceptors (Lipinski definition) is 4. The summed E-state index contributed by atoms with van der Waals surface area (Å²) < 4.78 is 1.93. The van der Waals surface area contributed by atoms with Crippen LogP contribution < -0.4 is 0 Å². The zero-order valence-electron chi connectivity index (χ0n) is 16.1. The number of fused-ring (bicyclic) bond motifs is 1. The number of carbonyl (C=O) groups is 1. The minimum Gasteiger partial charge on any atom is -0.478 e. The number of pyridine rings is 3. The van der Waals surface area contributed by atoms with Gasteiger partial charge >= 0.3 is 5.97 Å². The van der Waals surface area contributed by atoms with Crippen LogP contribution in [0.1, 0.15) is 10.4 Å². The Morgan fingerprint density at radius 2 is 1.65 bits per heavy atom. The second-order valence-electron chi connectivity index (χ2n) is 6.93. The Morgan fingerprint density at radius 1 is 0.871 bits per heavy atom. The van der Waals surface area contributed by atoms with Gasteiger partial charge in [-0.25, -0.2) is 14.8 Å². The molecule has 1 aromatic carbocycles. The molecule has 5 aromatic rings. The highest BCUT2D eigenvalue weighted by Crippen LogP contribution is 2.34. The van der Waals surface area contributed by atoms with E-state index in [1.54, 1.807) is 36.7 Å². The third kappa shape index (κ3) is 3.53. The number of nitrogens with zero attached hydrogens (tertiary/aromatic N) is 4. The molecule has 0 unspecified atom stereocenters. The van der Waals surface area contributed by atoms with Gasteiger partial charge in [0.15, 0.2) is 5.15 Å². The van der Waals surface area contributed by atoms with Crippen LogP contribution in [0.2, 0.25) is 5.15 Å². The SMILES string of the molecule is O=C(O)c1ccc(-c2cc(-c3c(Cl)nc4ccccn34)cc(-c3cccnc3)n2)cc1. The monoisotopic (exact) mass is 426 g/mol. The first-order valence-corrected chi connectivity index (χ1v) is 9.87. The molecule has 1 N–H and O–H groups in total. The molecule has 7 heteroatoms. The number of hydrogen-bond donors (Lipinski definition) is 1. The molecule has 4 heterocycles. The van der Waals surface area contributed by atoms with E-state index >= 15 is 0 Å². The molecule has 31 heavy (non-hydrogen) atoms. The number of carboxylic acids is 1. The fourth-order valence-corrected chi connectivity index (χ4v) is 3.77. The van der Waals surface area contributed by atoms with E-state index in [1.807, 2.05) is 53.1 Å². The predicted octanol–water partition coefficient (Wildman–Crippen LogP) is 5.48. The molecule has 0 fully saturated rings. The third-order valence-electron chi connectivity index (χ3n) is 4.97. The zero-order valence-corrected chi connectivity index (χ0v) is 16.9. The maximum absolute atomic E-state index is 11.2. The normalized spacial score (nSPS) is 11.0. The molecule has 0 radical (unpaired) electrons. The van der Waals surface area contributed by atoms with Gasteiger partial charge in [0.05, 0.1) is 22.6 Å². The second-order valence-corrected chi connectivity index (χ2v) is 7.29. The molecule has 0 aliphatic heterocycles. The number of halogens is 1. The van der Waals surface area contributed by atoms with E-state index in [0.29, 0.717) is 10.8 Å². The molecule has 0 amide bonds. The van der Waals surface area contributed by atoms with Gasteiger partial charge in [-0.2, -0.15) is 0 Å². The van der Waals surface area contributed by atoms with E-state index in [4.69, 9.17) is 16.6 Å². The molecule has 0 aliphatic rings. The highest BCUT2D eigenvalue weighted by Gasteiger charge is 2.16. The summed E-state index contributed by atoms with van der Waals surface area (Å²) in [6.07, 6.45) is 5.37. The van der Waals surface area contributed by atoms with E-state index in [2.05, 4.69) is 9.97 Å². The van der Waals surface area contributed by atoms with Gasteiger partial charge in [-0.05, 0) is 48.5 Å². The summed E-state index contributed by atoms with van der Waals surface area (Å²) in [5.74, 6) is -0.971. The van der Waals surface area contributed by atoms with Crippen molar-refractivity contribution in [3.63, 3.8) is 0 Å². The van der Waals surface area contributed by atoms with Crippen LogP contribution in [0.25, 0.3) is 39.4 Å². The van der Waals surface area contributed by atoms with Gasteiger partial charge in [0.2, 0.25) is 0 Å². The number of imidazole rings is 1. The number of aromatic carboxylic acids is 1. The van der Waals surface area contributed by atoms with Crippen molar-refractivity contribution in [1.29, 1.82) is 0 Å². The molecule has 0 saturated heterocycles. The molecule has 6 nitrogen and oxygen atoms in total. The molecule has 150 valence electrons. The Hall–Kier alpha value is -4.03. The van der Waals surface area contributed by atoms with Crippen LogP contribution in [-0.4, -0.2) is 30.4 Å². The molecule has 5 rings (SSSR count). The Balaban J connectivity index is 1.74. The van der Waals surface area contributed by atoms with Crippen molar-refractivity contribution < 1.29 is 9.90 Å². The summed E-state index contributed by atoms with van der Waals surface area (Å²) in [6, 6.07) is 20.0. The van der Waals surface area contributed by atoms with E-state index in [1.165, 1.54) is 0 Å². The van der Waals surface area contributed by atoms with Crippen LogP contribution in [0, 0.1) is 0 Å². The van der Waals surface area contributed by atoms with Crippen LogP contribution in [-0.2, 0) is 0 Å². The summed E-state index contributed by atoms with van der Waals surface area (Å²) >= 11 is 6.52. The van der Waals surface area contributed by atoms with Crippen LogP contribution >= 0.6 is 11.6 Å². The molecule has 0 saturated carbocycles. The molecular formula is C24H15ClN4O2. The first kappa shape index (κ1) is 19.0.